The minimum Gasteiger partial charge on any atom is -0.383 e. The Bertz CT molecular complexity index is 410. The summed E-state index contributed by atoms with van der Waals surface area (Å²) in [7, 11) is 1.76. The number of methoxy groups -OCH3 is 1. The first kappa shape index (κ1) is 15.4. The summed E-state index contributed by atoms with van der Waals surface area (Å²) >= 11 is 0. The van der Waals surface area contributed by atoms with Crippen LogP contribution in [0.15, 0.2) is 4.52 Å². The molecule has 0 spiro atoms. The standard InChI is InChI=1S/C14H26N4O2/c1-5-13-10-18(7-6-17(13)8-9-19-4)11(2)14-15-12(3)16-20-14/h11,13H,5-10H2,1-4H3/t11-,13-/m0/s1. The number of nitrogens with zero attached hydrogens (tertiary/aromatic N) is 4. The summed E-state index contributed by atoms with van der Waals surface area (Å²) < 4.78 is 10.5. The number of piperazine rings is 1. The Labute approximate surface area is 121 Å². The molecule has 1 aromatic heterocycles. The Morgan fingerprint density at radius 3 is 2.85 bits per heavy atom. The maximum atomic E-state index is 5.30. The first-order valence-electron chi connectivity index (χ1n) is 7.43. The number of hydrogen-bond donors (Lipinski definition) is 0. The molecule has 1 aliphatic heterocycles. The van der Waals surface area contributed by atoms with Gasteiger partial charge in [0.25, 0.3) is 0 Å². The Hall–Kier alpha value is -0.980. The van der Waals surface area contributed by atoms with Gasteiger partial charge in [0.05, 0.1) is 12.6 Å². The number of aromatic nitrogens is 2. The van der Waals surface area contributed by atoms with E-state index in [9.17, 15) is 0 Å². The van der Waals surface area contributed by atoms with Crippen LogP contribution in [0.4, 0.5) is 0 Å². The number of aryl methyl sites for hydroxylation is 1. The topological polar surface area (TPSA) is 54.6 Å². The van der Waals surface area contributed by atoms with E-state index in [-0.39, 0.29) is 6.04 Å². The molecule has 20 heavy (non-hydrogen) atoms. The lowest BCUT2D eigenvalue weighted by atomic mass is 10.1. The summed E-state index contributed by atoms with van der Waals surface area (Å²) in [4.78, 5) is 9.31. The van der Waals surface area contributed by atoms with Crippen LogP contribution in [-0.4, -0.2) is 65.9 Å². The van der Waals surface area contributed by atoms with E-state index in [1.165, 1.54) is 0 Å². The number of rotatable bonds is 6. The molecule has 0 amide bonds. The molecule has 114 valence electrons. The lowest BCUT2D eigenvalue weighted by Crippen LogP contribution is -2.54. The average molecular weight is 282 g/mol. The fourth-order valence-corrected chi connectivity index (χ4v) is 2.80. The summed E-state index contributed by atoms with van der Waals surface area (Å²) in [5.74, 6) is 1.43. The van der Waals surface area contributed by atoms with Crippen LogP contribution in [0.2, 0.25) is 0 Å². The molecule has 1 fully saturated rings. The van der Waals surface area contributed by atoms with Crippen molar-refractivity contribution >= 4 is 0 Å². The second kappa shape index (κ2) is 7.15. The van der Waals surface area contributed by atoms with Crippen LogP contribution in [0.25, 0.3) is 0 Å². The molecule has 6 heteroatoms. The van der Waals surface area contributed by atoms with E-state index < -0.39 is 0 Å². The minimum absolute atomic E-state index is 0.190. The molecule has 0 N–H and O–H groups in total. The summed E-state index contributed by atoms with van der Waals surface area (Å²) in [6.07, 6.45) is 1.15. The fourth-order valence-electron chi connectivity index (χ4n) is 2.80. The van der Waals surface area contributed by atoms with Crippen molar-refractivity contribution in [3.8, 4) is 0 Å². The molecular formula is C14H26N4O2. The van der Waals surface area contributed by atoms with Gasteiger partial charge in [-0.05, 0) is 20.3 Å². The number of hydrogen-bond acceptors (Lipinski definition) is 6. The zero-order valence-electron chi connectivity index (χ0n) is 13.0. The third-order valence-electron chi connectivity index (χ3n) is 4.14. The van der Waals surface area contributed by atoms with E-state index in [2.05, 4.69) is 33.8 Å². The predicted molar refractivity (Wildman–Crippen MR) is 76.6 cm³/mol. The number of ether oxygens (including phenoxy) is 1. The van der Waals surface area contributed by atoms with Gasteiger partial charge in [0.2, 0.25) is 5.89 Å². The van der Waals surface area contributed by atoms with Gasteiger partial charge in [-0.15, -0.1) is 0 Å². The SMILES string of the molecule is CC[C@H]1CN([C@@H](C)c2nc(C)no2)CCN1CCOC. The average Bonchev–Trinajstić information content (AvgIpc) is 2.90. The van der Waals surface area contributed by atoms with Gasteiger partial charge >= 0.3 is 0 Å². The largest absolute Gasteiger partial charge is 0.383 e. The highest BCUT2D eigenvalue weighted by Gasteiger charge is 2.30. The van der Waals surface area contributed by atoms with Crippen LogP contribution < -0.4 is 0 Å². The summed E-state index contributed by atoms with van der Waals surface area (Å²) in [6, 6.07) is 0.764. The van der Waals surface area contributed by atoms with Crippen molar-refractivity contribution in [2.45, 2.75) is 39.3 Å². The molecule has 1 aliphatic rings. The second-order valence-corrected chi connectivity index (χ2v) is 5.44. The zero-order chi connectivity index (χ0) is 14.5. The van der Waals surface area contributed by atoms with Gasteiger partial charge < -0.3 is 9.26 Å². The van der Waals surface area contributed by atoms with Gasteiger partial charge in [-0.1, -0.05) is 12.1 Å². The first-order chi connectivity index (χ1) is 9.65. The third kappa shape index (κ3) is 3.56. The molecule has 1 saturated heterocycles. The van der Waals surface area contributed by atoms with E-state index in [0.717, 1.165) is 45.1 Å². The van der Waals surface area contributed by atoms with Crippen molar-refractivity contribution in [3.05, 3.63) is 11.7 Å². The first-order valence-corrected chi connectivity index (χ1v) is 7.43. The minimum atomic E-state index is 0.190. The lowest BCUT2D eigenvalue weighted by molar-refractivity contribution is 0.0267. The highest BCUT2D eigenvalue weighted by molar-refractivity contribution is 4.93. The molecule has 2 heterocycles. The fraction of sp³-hybridized carbons (Fsp3) is 0.857. The molecular weight excluding hydrogens is 256 g/mol. The highest BCUT2D eigenvalue weighted by atomic mass is 16.5. The molecule has 0 saturated carbocycles. The van der Waals surface area contributed by atoms with Crippen molar-refractivity contribution in [1.29, 1.82) is 0 Å². The molecule has 0 aromatic carbocycles. The molecule has 0 unspecified atom stereocenters. The summed E-state index contributed by atoms with van der Waals surface area (Å²) in [5, 5.41) is 3.89. The Kier molecular flexibility index (Phi) is 5.51. The lowest BCUT2D eigenvalue weighted by Gasteiger charge is -2.42. The van der Waals surface area contributed by atoms with Gasteiger partial charge in [0, 0.05) is 39.3 Å². The molecule has 0 bridgehead atoms. The Balaban J connectivity index is 1.95. The van der Waals surface area contributed by atoms with Crippen molar-refractivity contribution in [2.24, 2.45) is 0 Å². The summed E-state index contributed by atoms with van der Waals surface area (Å²) in [6.45, 7) is 11.2. The maximum Gasteiger partial charge on any atom is 0.243 e. The van der Waals surface area contributed by atoms with E-state index in [0.29, 0.717) is 11.9 Å². The van der Waals surface area contributed by atoms with Gasteiger partial charge in [-0.2, -0.15) is 4.98 Å². The highest BCUT2D eigenvalue weighted by Crippen LogP contribution is 2.23. The van der Waals surface area contributed by atoms with Crippen molar-refractivity contribution < 1.29 is 9.26 Å². The van der Waals surface area contributed by atoms with Crippen molar-refractivity contribution in [3.63, 3.8) is 0 Å². The quantitative estimate of drug-likeness (QED) is 0.788. The molecule has 1 aromatic rings. The van der Waals surface area contributed by atoms with Gasteiger partial charge in [0.15, 0.2) is 5.82 Å². The van der Waals surface area contributed by atoms with Crippen LogP contribution in [0.5, 0.6) is 0 Å². The van der Waals surface area contributed by atoms with Crippen LogP contribution >= 0.6 is 0 Å². The van der Waals surface area contributed by atoms with Gasteiger partial charge in [-0.3, -0.25) is 9.80 Å². The van der Waals surface area contributed by atoms with E-state index in [1.807, 2.05) is 6.92 Å². The van der Waals surface area contributed by atoms with Crippen molar-refractivity contribution in [2.75, 3.05) is 39.9 Å². The van der Waals surface area contributed by atoms with E-state index in [1.54, 1.807) is 7.11 Å². The van der Waals surface area contributed by atoms with Crippen LogP contribution in [0.3, 0.4) is 0 Å². The molecule has 2 atom stereocenters. The van der Waals surface area contributed by atoms with Gasteiger partial charge in [0.1, 0.15) is 0 Å². The van der Waals surface area contributed by atoms with E-state index in [4.69, 9.17) is 9.26 Å². The Morgan fingerprint density at radius 1 is 1.45 bits per heavy atom. The smallest absolute Gasteiger partial charge is 0.243 e. The van der Waals surface area contributed by atoms with Crippen LogP contribution in [0.1, 0.15) is 38.0 Å². The monoisotopic (exact) mass is 282 g/mol. The third-order valence-corrected chi connectivity index (χ3v) is 4.14. The van der Waals surface area contributed by atoms with E-state index >= 15 is 0 Å². The Morgan fingerprint density at radius 2 is 2.25 bits per heavy atom. The molecule has 0 radical (unpaired) electrons. The van der Waals surface area contributed by atoms with Crippen LogP contribution in [-0.2, 0) is 4.74 Å². The summed E-state index contributed by atoms with van der Waals surface area (Å²) in [5.41, 5.74) is 0. The molecule has 6 nitrogen and oxygen atoms in total. The molecule has 2 rings (SSSR count). The zero-order valence-corrected chi connectivity index (χ0v) is 13.0. The van der Waals surface area contributed by atoms with Crippen LogP contribution in [0, 0.1) is 6.92 Å². The predicted octanol–water partition coefficient (Wildman–Crippen LogP) is 1.48. The molecule has 0 aliphatic carbocycles. The maximum absolute atomic E-state index is 5.30. The van der Waals surface area contributed by atoms with Gasteiger partial charge in [-0.25, -0.2) is 0 Å². The van der Waals surface area contributed by atoms with Crippen molar-refractivity contribution in [1.82, 2.24) is 19.9 Å². The second-order valence-electron chi connectivity index (χ2n) is 5.44. The normalized spacial score (nSPS) is 23.1.